The molecule has 0 saturated carbocycles. The number of hydrogen-bond acceptors (Lipinski definition) is 0. The summed E-state index contributed by atoms with van der Waals surface area (Å²) in [7, 11) is 0. The lowest BCUT2D eigenvalue weighted by Crippen LogP contribution is -1.93. The Morgan fingerprint density at radius 3 is 0.471 bits per heavy atom. The zero-order chi connectivity index (χ0) is 91.4. The molecule has 0 spiro atoms. The van der Waals surface area contributed by atoms with Crippen LogP contribution < -0.4 is 0 Å². The predicted molar refractivity (Wildman–Crippen MR) is 597 cm³/mol. The third kappa shape index (κ3) is 14.6. The van der Waals surface area contributed by atoms with E-state index in [-0.39, 0.29) is 0 Å². The van der Waals surface area contributed by atoms with Crippen LogP contribution in [0.4, 0.5) is 0 Å². The van der Waals surface area contributed by atoms with Crippen LogP contribution in [0.15, 0.2) is 546 Å². The second-order valence-corrected chi connectivity index (χ2v) is 36.1. The van der Waals surface area contributed by atoms with Crippen molar-refractivity contribution in [2.75, 3.05) is 0 Å². The Balaban J connectivity index is 0.0000000975. The molecule has 0 N–H and O–H groups in total. The van der Waals surface area contributed by atoms with Crippen LogP contribution in [0.25, 0.3) is 262 Å². The van der Waals surface area contributed by atoms with Crippen molar-refractivity contribution < 1.29 is 0 Å². The summed E-state index contributed by atoms with van der Waals surface area (Å²) in [6.45, 7) is 0. The highest BCUT2D eigenvalue weighted by Crippen LogP contribution is 2.53. The fraction of sp³-hybridized carbons (Fsp3) is 0. The molecular formula is C138H90. The Morgan fingerprint density at radius 2 is 0.232 bits per heavy atom. The molecule has 0 radical (unpaired) electrons. The van der Waals surface area contributed by atoms with Gasteiger partial charge in [-0.05, 0) is 280 Å². The minimum atomic E-state index is 1.24. The number of fused-ring (bicyclic) bond motifs is 15. The van der Waals surface area contributed by atoms with Crippen molar-refractivity contribution in [1.82, 2.24) is 0 Å². The van der Waals surface area contributed by atoms with Crippen molar-refractivity contribution in [3.05, 3.63) is 546 Å². The highest BCUT2D eigenvalue weighted by Gasteiger charge is 2.25. The summed E-state index contributed by atoms with van der Waals surface area (Å²) in [6.07, 6.45) is 0. The lowest BCUT2D eigenvalue weighted by Gasteiger charge is -2.20. The van der Waals surface area contributed by atoms with Gasteiger partial charge in [0.05, 0.1) is 0 Å². The van der Waals surface area contributed by atoms with Gasteiger partial charge in [0.15, 0.2) is 0 Å². The van der Waals surface area contributed by atoms with Gasteiger partial charge in [-0.3, -0.25) is 0 Å². The maximum atomic E-state index is 2.33. The molecule has 0 heteroatoms. The molecule has 0 saturated heterocycles. The van der Waals surface area contributed by atoms with E-state index in [9.17, 15) is 0 Å². The van der Waals surface area contributed by atoms with Crippen molar-refractivity contribution in [2.45, 2.75) is 0 Å². The largest absolute Gasteiger partial charge is 0.0622 e. The van der Waals surface area contributed by atoms with Gasteiger partial charge >= 0.3 is 0 Å². The second-order valence-electron chi connectivity index (χ2n) is 36.1. The van der Waals surface area contributed by atoms with Gasteiger partial charge in [0, 0.05) is 0 Å². The predicted octanol–water partition coefficient (Wildman–Crippen LogP) is 39.0. The zero-order valence-electron chi connectivity index (χ0n) is 76.0. The van der Waals surface area contributed by atoms with E-state index in [0.29, 0.717) is 0 Å². The third-order valence-electron chi connectivity index (χ3n) is 28.4. The molecule has 0 bridgehead atoms. The maximum absolute atomic E-state index is 2.33. The van der Waals surface area contributed by atoms with Crippen LogP contribution in [0.1, 0.15) is 0 Å². The Labute approximate surface area is 801 Å². The van der Waals surface area contributed by atoms with Crippen LogP contribution in [-0.2, 0) is 0 Å². The quantitative estimate of drug-likeness (QED) is 0.126. The maximum Gasteiger partial charge on any atom is -0.00201 e. The number of benzene rings is 28. The van der Waals surface area contributed by atoms with E-state index in [1.54, 1.807) is 0 Å². The van der Waals surface area contributed by atoms with Gasteiger partial charge in [-0.2, -0.15) is 0 Å². The van der Waals surface area contributed by atoms with Crippen LogP contribution in [0.3, 0.4) is 0 Å². The van der Waals surface area contributed by atoms with E-state index in [0.717, 1.165) is 0 Å². The molecule has 0 heterocycles. The lowest BCUT2D eigenvalue weighted by molar-refractivity contribution is 1.61. The first-order chi connectivity index (χ1) is 68.5. The summed E-state index contributed by atoms with van der Waals surface area (Å²) in [5.41, 5.74) is 23.1. The van der Waals surface area contributed by atoms with E-state index < -0.39 is 0 Å². The van der Waals surface area contributed by atoms with Gasteiger partial charge in [0.2, 0.25) is 0 Å². The molecule has 0 aliphatic heterocycles. The Kier molecular flexibility index (Phi) is 21.1. The van der Waals surface area contributed by atoms with E-state index in [1.807, 2.05) is 0 Å². The summed E-state index contributed by atoms with van der Waals surface area (Å²) in [4.78, 5) is 0. The molecule has 0 aromatic heterocycles. The molecule has 642 valence electrons. The van der Waals surface area contributed by atoms with Gasteiger partial charge in [0.25, 0.3) is 0 Å². The van der Waals surface area contributed by atoms with E-state index in [2.05, 4.69) is 546 Å². The summed E-state index contributed by atoms with van der Waals surface area (Å²) in [5.74, 6) is 0. The van der Waals surface area contributed by atoms with Gasteiger partial charge in [-0.25, -0.2) is 0 Å². The van der Waals surface area contributed by atoms with Gasteiger partial charge in [0.1, 0.15) is 0 Å². The summed E-state index contributed by atoms with van der Waals surface area (Å²) >= 11 is 0. The molecule has 0 atom stereocenters. The molecule has 28 aromatic rings. The SMILES string of the molecule is c1ccc(-c2ccccc2-c2c3ccccc3c(-c3cccc4ccccc34)c3ccccc23)cc1.c1ccc2c(-c3c4ccccc4c(-c4cccc5ccccc45)c4ccccc34)cccc2c1.c1ccc2cc(-c3c4ccccc4c(-c4ccc5ccccc5c4)c4ccccc34)ccc2c1.c1ccc2cc(-c3c4ccccc4c(-c4cccc5ccccc45)c4ccccc34)ccc2c1. The molecule has 0 unspecified atom stereocenters. The van der Waals surface area contributed by atoms with Gasteiger partial charge in [-0.15, -0.1) is 0 Å². The van der Waals surface area contributed by atoms with Crippen molar-refractivity contribution >= 4 is 162 Å². The zero-order valence-corrected chi connectivity index (χ0v) is 76.0. The Hall–Kier alpha value is -17.9. The first kappa shape index (κ1) is 82.0. The van der Waals surface area contributed by atoms with Crippen LogP contribution in [0.5, 0.6) is 0 Å². The van der Waals surface area contributed by atoms with Crippen molar-refractivity contribution in [2.24, 2.45) is 0 Å². The standard InChI is InChI=1S/C36H24.3C34H22/c1-2-13-25(14-3-1)27-18-6-7-19-29(27)35-31-20-8-10-22-33(31)36(34-23-11-9-21-32(34)35)30-24-12-16-26-15-4-5-17-28(26)30;1-3-15-25-23(11-1)13-9-21-27(25)33-29-17-5-7-19-31(29)34(32-20-8-6-18-30(32)33)28-22-10-14-24-12-2-4-16-26(24)28;1-3-11-25-21-27(19-17-23(25)9-1)33-29-13-5-7-15-31(29)34(32-16-8-6-14-30(32)33)28-20-18-24-10-2-4-12-26(24)22-28;1-2-12-25-22-26(21-20-23(25)10-1)33-29-15-5-7-17-31(29)34(32-18-8-6-16-30(32)33)28-19-9-13-24-11-3-4-14-27(24)28/h1-24H;3*1-22H. The van der Waals surface area contributed by atoms with E-state index in [1.165, 1.54) is 262 Å². The third-order valence-corrected chi connectivity index (χ3v) is 28.4. The van der Waals surface area contributed by atoms with Crippen LogP contribution in [0.2, 0.25) is 0 Å². The molecule has 0 aliphatic rings. The number of hydrogen-bond donors (Lipinski definition) is 0. The average molecular weight is 1750 g/mol. The monoisotopic (exact) mass is 1750 g/mol. The minimum Gasteiger partial charge on any atom is -0.0622 e. The molecule has 28 rings (SSSR count). The first-order valence-corrected chi connectivity index (χ1v) is 47.8. The normalized spacial score (nSPS) is 11.5. The highest BCUT2D eigenvalue weighted by molar-refractivity contribution is 6.29. The molecule has 138 heavy (non-hydrogen) atoms. The fourth-order valence-corrected chi connectivity index (χ4v) is 22.3. The second kappa shape index (κ2) is 35.5. The summed E-state index contributed by atoms with van der Waals surface area (Å²) < 4.78 is 0. The fourth-order valence-electron chi connectivity index (χ4n) is 22.3. The van der Waals surface area contributed by atoms with Gasteiger partial charge in [-0.1, -0.05) is 528 Å². The molecule has 0 nitrogen and oxygen atoms in total. The molecular weight excluding hydrogens is 1660 g/mol. The molecule has 0 fully saturated rings. The smallest absolute Gasteiger partial charge is 0.00201 e. The first-order valence-electron chi connectivity index (χ1n) is 47.8. The van der Waals surface area contributed by atoms with Crippen LogP contribution in [-0.4, -0.2) is 0 Å². The van der Waals surface area contributed by atoms with Crippen LogP contribution in [0, 0.1) is 0 Å². The Bertz CT molecular complexity index is 9130. The summed E-state index contributed by atoms with van der Waals surface area (Å²) in [6, 6.07) is 198. The lowest BCUT2D eigenvalue weighted by atomic mass is 9.83. The van der Waals surface area contributed by atoms with E-state index >= 15 is 0 Å². The molecule has 0 amide bonds. The van der Waals surface area contributed by atoms with Crippen molar-refractivity contribution in [1.29, 1.82) is 0 Å². The van der Waals surface area contributed by atoms with Gasteiger partial charge < -0.3 is 0 Å². The van der Waals surface area contributed by atoms with E-state index in [4.69, 9.17) is 0 Å². The molecule has 28 aromatic carbocycles. The minimum absolute atomic E-state index is 1.24. The topological polar surface area (TPSA) is 0 Å². The average Bonchev–Trinajstić information content (AvgIpc) is 0.734. The highest BCUT2D eigenvalue weighted by atomic mass is 14.3. The van der Waals surface area contributed by atoms with Crippen molar-refractivity contribution in [3.63, 3.8) is 0 Å². The summed E-state index contributed by atoms with van der Waals surface area (Å²) in [5, 5.41) is 38.5. The number of rotatable bonds is 9. The van der Waals surface area contributed by atoms with Crippen LogP contribution >= 0.6 is 0 Å². The molecule has 0 aliphatic carbocycles. The Morgan fingerprint density at radius 1 is 0.0725 bits per heavy atom. The van der Waals surface area contributed by atoms with Crippen molar-refractivity contribution in [3.8, 4) is 100 Å².